The van der Waals surface area contributed by atoms with Crippen LogP contribution < -0.4 is 9.62 Å². The zero-order chi connectivity index (χ0) is 17.5. The van der Waals surface area contributed by atoms with Gasteiger partial charge in [0.1, 0.15) is 5.82 Å². The molecule has 0 unspecified atom stereocenters. The molecule has 24 heavy (non-hydrogen) atoms. The molecule has 1 N–H and O–H groups in total. The minimum absolute atomic E-state index is 0.115. The Morgan fingerprint density at radius 3 is 2.62 bits per heavy atom. The van der Waals surface area contributed by atoms with Gasteiger partial charge in [0.2, 0.25) is 10.0 Å². The fraction of sp³-hybridized carbons (Fsp3) is 0.235. The van der Waals surface area contributed by atoms with Crippen molar-refractivity contribution < 1.29 is 17.6 Å². The molecule has 0 aliphatic carbocycles. The molecular formula is C17H17FN2O3S. The first-order valence-electron chi connectivity index (χ1n) is 7.44. The van der Waals surface area contributed by atoms with Crippen molar-refractivity contribution in [2.24, 2.45) is 0 Å². The molecule has 2 aromatic carbocycles. The van der Waals surface area contributed by atoms with Crippen molar-refractivity contribution in [3.63, 3.8) is 0 Å². The van der Waals surface area contributed by atoms with E-state index in [1.54, 1.807) is 31.2 Å². The van der Waals surface area contributed by atoms with Gasteiger partial charge < -0.3 is 5.32 Å². The molecular weight excluding hydrogens is 331 g/mol. The van der Waals surface area contributed by atoms with E-state index in [9.17, 15) is 17.6 Å². The van der Waals surface area contributed by atoms with Crippen LogP contribution in [-0.4, -0.2) is 27.1 Å². The standard InChI is InChI=1S/C17H17FN2O3S/c1-11-3-5-15(14(18)9-11)19-17(21)13-4-6-16-12(10-13)7-8-20(16)24(2,22)23/h3-6,9-10H,7-8H2,1-2H3,(H,19,21). The second-order valence-corrected chi connectivity index (χ2v) is 7.77. The molecule has 1 aliphatic rings. The molecule has 126 valence electrons. The number of carbonyl (C=O) groups is 1. The van der Waals surface area contributed by atoms with Crippen molar-refractivity contribution in [3.8, 4) is 0 Å². The summed E-state index contributed by atoms with van der Waals surface area (Å²) in [5, 5.41) is 2.54. The van der Waals surface area contributed by atoms with Crippen molar-refractivity contribution in [1.29, 1.82) is 0 Å². The van der Waals surface area contributed by atoms with Crippen LogP contribution >= 0.6 is 0 Å². The summed E-state index contributed by atoms with van der Waals surface area (Å²) in [6, 6.07) is 9.39. The summed E-state index contributed by atoms with van der Waals surface area (Å²) < 4.78 is 38.6. The number of hydrogen-bond acceptors (Lipinski definition) is 3. The van der Waals surface area contributed by atoms with Crippen LogP contribution in [0.3, 0.4) is 0 Å². The van der Waals surface area contributed by atoms with Crippen LogP contribution in [-0.2, 0) is 16.4 Å². The zero-order valence-electron chi connectivity index (χ0n) is 13.3. The lowest BCUT2D eigenvalue weighted by Crippen LogP contribution is -2.27. The molecule has 0 fully saturated rings. The lowest BCUT2D eigenvalue weighted by atomic mass is 10.1. The predicted octanol–water partition coefficient (Wildman–Crippen LogP) is 2.71. The third-order valence-corrected chi connectivity index (χ3v) is 5.15. The summed E-state index contributed by atoms with van der Waals surface area (Å²) in [5.74, 6) is -0.925. The molecule has 0 atom stereocenters. The van der Waals surface area contributed by atoms with E-state index in [2.05, 4.69) is 5.32 Å². The number of rotatable bonds is 3. The third kappa shape index (κ3) is 3.12. The molecule has 1 heterocycles. The van der Waals surface area contributed by atoms with Gasteiger partial charge in [-0.1, -0.05) is 6.07 Å². The lowest BCUT2D eigenvalue weighted by molar-refractivity contribution is 0.102. The van der Waals surface area contributed by atoms with Gasteiger partial charge in [0.15, 0.2) is 0 Å². The number of nitrogens with one attached hydrogen (secondary N) is 1. The zero-order valence-corrected chi connectivity index (χ0v) is 14.2. The van der Waals surface area contributed by atoms with Crippen LogP contribution in [0.15, 0.2) is 36.4 Å². The van der Waals surface area contributed by atoms with Gasteiger partial charge in [-0.2, -0.15) is 0 Å². The highest BCUT2D eigenvalue weighted by Gasteiger charge is 2.26. The Bertz CT molecular complexity index is 925. The fourth-order valence-electron chi connectivity index (χ4n) is 2.77. The van der Waals surface area contributed by atoms with E-state index in [1.165, 1.54) is 16.4 Å². The topological polar surface area (TPSA) is 66.5 Å². The molecule has 1 aliphatic heterocycles. The Kier molecular flexibility index (Phi) is 4.04. The first-order chi connectivity index (χ1) is 11.3. The number of amides is 1. The highest BCUT2D eigenvalue weighted by molar-refractivity contribution is 7.92. The quantitative estimate of drug-likeness (QED) is 0.927. The second kappa shape index (κ2) is 5.90. The fourth-order valence-corrected chi connectivity index (χ4v) is 3.73. The minimum atomic E-state index is -3.32. The maximum absolute atomic E-state index is 13.8. The summed E-state index contributed by atoms with van der Waals surface area (Å²) in [7, 11) is -3.32. The van der Waals surface area contributed by atoms with Gasteiger partial charge in [0.05, 0.1) is 17.6 Å². The number of carbonyl (C=O) groups excluding carboxylic acids is 1. The second-order valence-electron chi connectivity index (χ2n) is 5.87. The van der Waals surface area contributed by atoms with Gasteiger partial charge in [0, 0.05) is 12.1 Å². The molecule has 1 amide bonds. The van der Waals surface area contributed by atoms with Gasteiger partial charge >= 0.3 is 0 Å². The first-order valence-corrected chi connectivity index (χ1v) is 9.29. The van der Waals surface area contributed by atoms with Crippen LogP contribution in [0.4, 0.5) is 15.8 Å². The number of benzene rings is 2. The Balaban J connectivity index is 1.85. The molecule has 0 spiro atoms. The molecule has 2 aromatic rings. The minimum Gasteiger partial charge on any atom is -0.319 e. The SMILES string of the molecule is Cc1ccc(NC(=O)c2ccc3c(c2)CCN3S(C)(=O)=O)c(F)c1. The van der Waals surface area contributed by atoms with E-state index in [4.69, 9.17) is 0 Å². The molecule has 0 bridgehead atoms. The number of aryl methyl sites for hydroxylation is 1. The highest BCUT2D eigenvalue weighted by atomic mass is 32.2. The average molecular weight is 348 g/mol. The summed E-state index contributed by atoms with van der Waals surface area (Å²) in [6.45, 7) is 2.13. The number of anilines is 2. The van der Waals surface area contributed by atoms with Crippen molar-refractivity contribution in [2.45, 2.75) is 13.3 Å². The Morgan fingerprint density at radius 2 is 1.96 bits per heavy atom. The summed E-state index contributed by atoms with van der Waals surface area (Å²) in [4.78, 5) is 12.3. The van der Waals surface area contributed by atoms with E-state index < -0.39 is 21.7 Å². The van der Waals surface area contributed by atoms with Crippen molar-refractivity contribution in [3.05, 3.63) is 58.9 Å². The molecule has 0 saturated heterocycles. The maximum atomic E-state index is 13.8. The van der Waals surface area contributed by atoms with Gasteiger partial charge in [-0.15, -0.1) is 0 Å². The monoisotopic (exact) mass is 348 g/mol. The van der Waals surface area contributed by atoms with Gasteiger partial charge in [0.25, 0.3) is 5.91 Å². The van der Waals surface area contributed by atoms with Crippen LogP contribution in [0, 0.1) is 12.7 Å². The van der Waals surface area contributed by atoms with E-state index in [-0.39, 0.29) is 5.69 Å². The van der Waals surface area contributed by atoms with E-state index >= 15 is 0 Å². The number of fused-ring (bicyclic) bond motifs is 1. The van der Waals surface area contributed by atoms with Gasteiger partial charge in [-0.05, 0) is 54.8 Å². The molecule has 0 saturated carbocycles. The van der Waals surface area contributed by atoms with Crippen LogP contribution in [0.1, 0.15) is 21.5 Å². The highest BCUT2D eigenvalue weighted by Crippen LogP contribution is 2.31. The number of hydrogen-bond donors (Lipinski definition) is 1. The molecule has 7 heteroatoms. The number of nitrogens with zero attached hydrogens (tertiary/aromatic N) is 1. The van der Waals surface area contributed by atoms with Gasteiger partial charge in [-0.3, -0.25) is 9.10 Å². The molecule has 5 nitrogen and oxygen atoms in total. The predicted molar refractivity (Wildman–Crippen MR) is 91.4 cm³/mol. The van der Waals surface area contributed by atoms with Crippen molar-refractivity contribution >= 4 is 27.3 Å². The van der Waals surface area contributed by atoms with E-state index in [1.807, 2.05) is 0 Å². The summed E-state index contributed by atoms with van der Waals surface area (Å²) in [6.07, 6.45) is 1.70. The van der Waals surface area contributed by atoms with Crippen molar-refractivity contribution in [2.75, 3.05) is 22.4 Å². The Hall–Kier alpha value is -2.41. The lowest BCUT2D eigenvalue weighted by Gasteiger charge is -2.16. The third-order valence-electron chi connectivity index (χ3n) is 3.97. The average Bonchev–Trinajstić information content (AvgIpc) is 2.93. The summed E-state index contributed by atoms with van der Waals surface area (Å²) in [5.41, 5.74) is 2.63. The smallest absolute Gasteiger partial charge is 0.255 e. The number of halogens is 1. The van der Waals surface area contributed by atoms with Gasteiger partial charge in [-0.25, -0.2) is 12.8 Å². The normalized spacial score (nSPS) is 13.7. The largest absolute Gasteiger partial charge is 0.319 e. The first kappa shape index (κ1) is 16.4. The van der Waals surface area contributed by atoms with Crippen LogP contribution in [0.2, 0.25) is 0 Å². The van der Waals surface area contributed by atoms with E-state index in [0.717, 1.165) is 17.4 Å². The summed E-state index contributed by atoms with van der Waals surface area (Å²) >= 11 is 0. The van der Waals surface area contributed by atoms with Crippen LogP contribution in [0.25, 0.3) is 0 Å². The Morgan fingerprint density at radius 1 is 1.21 bits per heavy atom. The Labute approximate surface area is 140 Å². The molecule has 0 radical (unpaired) electrons. The van der Waals surface area contributed by atoms with Crippen molar-refractivity contribution in [1.82, 2.24) is 0 Å². The number of sulfonamides is 1. The molecule has 3 rings (SSSR count). The van der Waals surface area contributed by atoms with E-state index in [0.29, 0.717) is 24.2 Å². The maximum Gasteiger partial charge on any atom is 0.255 e. The molecule has 0 aromatic heterocycles. The van der Waals surface area contributed by atoms with Crippen LogP contribution in [0.5, 0.6) is 0 Å².